The van der Waals surface area contributed by atoms with Gasteiger partial charge in [-0.05, 0) is 49.3 Å². The van der Waals surface area contributed by atoms with E-state index in [1.165, 1.54) is 31.2 Å². The quantitative estimate of drug-likeness (QED) is 0.608. The number of piperazine rings is 1. The highest BCUT2D eigenvalue weighted by Gasteiger charge is 2.53. The zero-order valence-corrected chi connectivity index (χ0v) is 21.7. The number of fused-ring (bicyclic) bond motifs is 1. The molecule has 1 aromatic carbocycles. The van der Waals surface area contributed by atoms with Crippen LogP contribution in [0.3, 0.4) is 0 Å². The number of carbonyl (C=O) groups is 2. The van der Waals surface area contributed by atoms with Crippen molar-refractivity contribution in [2.45, 2.75) is 82.8 Å². The van der Waals surface area contributed by atoms with E-state index in [4.69, 9.17) is 9.47 Å². The number of halogens is 1. The Balaban J connectivity index is 0.00000289. The molecule has 1 aliphatic carbocycles. The molecular formula is C27H40ClN3O4. The molecule has 0 aromatic heterocycles. The van der Waals surface area contributed by atoms with Crippen LogP contribution in [0.5, 0.6) is 11.5 Å². The van der Waals surface area contributed by atoms with Crippen LogP contribution in [-0.2, 0) is 16.1 Å². The van der Waals surface area contributed by atoms with Gasteiger partial charge in [0.25, 0.3) is 0 Å². The van der Waals surface area contributed by atoms with Crippen molar-refractivity contribution in [3.8, 4) is 11.5 Å². The number of benzene rings is 1. The van der Waals surface area contributed by atoms with E-state index in [0.29, 0.717) is 38.5 Å². The third kappa shape index (κ3) is 5.41. The van der Waals surface area contributed by atoms with Gasteiger partial charge in [-0.2, -0.15) is 0 Å². The van der Waals surface area contributed by atoms with Gasteiger partial charge in [0.1, 0.15) is 24.8 Å². The van der Waals surface area contributed by atoms with Gasteiger partial charge in [0.05, 0.1) is 0 Å². The molecule has 2 amide bonds. The van der Waals surface area contributed by atoms with Gasteiger partial charge in [0.2, 0.25) is 11.8 Å². The molecule has 1 aromatic rings. The van der Waals surface area contributed by atoms with Crippen LogP contribution in [0.1, 0.15) is 70.3 Å². The third-order valence-electron chi connectivity index (χ3n) is 8.28. The minimum absolute atomic E-state index is 0. The van der Waals surface area contributed by atoms with E-state index >= 15 is 0 Å². The lowest BCUT2D eigenvalue weighted by Crippen LogP contribution is -2.73. The highest BCUT2D eigenvalue weighted by molar-refractivity contribution is 6.00. The molecule has 35 heavy (non-hydrogen) atoms. The van der Waals surface area contributed by atoms with Crippen molar-refractivity contribution < 1.29 is 19.1 Å². The van der Waals surface area contributed by atoms with Gasteiger partial charge in [0, 0.05) is 26.2 Å². The lowest BCUT2D eigenvalue weighted by atomic mass is 9.80. The van der Waals surface area contributed by atoms with E-state index in [9.17, 15) is 9.59 Å². The molecule has 3 aliphatic heterocycles. The normalized spacial score (nSPS) is 24.4. The number of hydrogen-bond donors (Lipinski definition) is 1. The second kappa shape index (κ2) is 11.4. The predicted octanol–water partition coefficient (Wildman–Crippen LogP) is 3.92. The van der Waals surface area contributed by atoms with Crippen molar-refractivity contribution in [3.05, 3.63) is 23.8 Å². The van der Waals surface area contributed by atoms with Crippen molar-refractivity contribution in [2.24, 2.45) is 5.92 Å². The molecule has 2 saturated heterocycles. The first-order valence-electron chi connectivity index (χ1n) is 13.3. The van der Waals surface area contributed by atoms with Gasteiger partial charge in [-0.15, -0.1) is 12.4 Å². The number of amides is 2. The molecule has 5 rings (SSSR count). The predicted molar refractivity (Wildman–Crippen MR) is 137 cm³/mol. The number of hydrogen-bond acceptors (Lipinski definition) is 5. The summed E-state index contributed by atoms with van der Waals surface area (Å²) >= 11 is 0. The Labute approximate surface area is 215 Å². The Morgan fingerprint density at radius 3 is 2.49 bits per heavy atom. The Bertz CT molecular complexity index is 896. The summed E-state index contributed by atoms with van der Waals surface area (Å²) in [4.78, 5) is 31.5. The highest BCUT2D eigenvalue weighted by Crippen LogP contribution is 2.37. The van der Waals surface area contributed by atoms with Gasteiger partial charge in [0.15, 0.2) is 11.5 Å². The van der Waals surface area contributed by atoms with Crippen molar-refractivity contribution in [3.63, 3.8) is 0 Å². The average Bonchev–Trinajstić information content (AvgIpc) is 3.37. The van der Waals surface area contributed by atoms with E-state index in [2.05, 4.69) is 29.3 Å². The lowest BCUT2D eigenvalue weighted by molar-refractivity contribution is -0.162. The second-order valence-corrected chi connectivity index (χ2v) is 10.5. The summed E-state index contributed by atoms with van der Waals surface area (Å²) in [5.74, 6) is 2.42. The SMILES string of the molecule is CCCCN1C(=O)C(CC2CCCC2)NC(=O)C12CCN(Cc1ccc3c(c1)OCCO3)CC2.Cl. The maximum atomic E-state index is 13.6. The van der Waals surface area contributed by atoms with Crippen molar-refractivity contribution in [1.82, 2.24) is 15.1 Å². The number of nitrogens with one attached hydrogen (secondary N) is 1. The molecule has 0 radical (unpaired) electrons. The number of rotatable bonds is 7. The number of likely N-dealkylation sites (tertiary alicyclic amines) is 1. The Morgan fingerprint density at radius 1 is 1.06 bits per heavy atom. The Morgan fingerprint density at radius 2 is 1.77 bits per heavy atom. The average molecular weight is 506 g/mol. The third-order valence-corrected chi connectivity index (χ3v) is 8.28. The Hall–Kier alpha value is -1.99. The first-order valence-corrected chi connectivity index (χ1v) is 13.3. The first-order chi connectivity index (χ1) is 16.6. The summed E-state index contributed by atoms with van der Waals surface area (Å²) in [5, 5.41) is 3.18. The van der Waals surface area contributed by atoms with E-state index in [-0.39, 0.29) is 30.3 Å². The molecule has 4 aliphatic rings. The molecule has 1 atom stereocenters. The van der Waals surface area contributed by atoms with Crippen LogP contribution < -0.4 is 14.8 Å². The molecule has 1 saturated carbocycles. The van der Waals surface area contributed by atoms with Gasteiger partial charge in [-0.25, -0.2) is 0 Å². The summed E-state index contributed by atoms with van der Waals surface area (Å²) in [6.45, 7) is 6.41. The van der Waals surface area contributed by atoms with Crippen LogP contribution in [0.2, 0.25) is 0 Å². The fourth-order valence-electron chi connectivity index (χ4n) is 6.28. The second-order valence-electron chi connectivity index (χ2n) is 10.5. The van der Waals surface area contributed by atoms with Crippen molar-refractivity contribution in [1.29, 1.82) is 0 Å². The molecule has 194 valence electrons. The molecule has 1 spiro atoms. The maximum Gasteiger partial charge on any atom is 0.246 e. The van der Waals surface area contributed by atoms with Crippen LogP contribution in [0.15, 0.2) is 18.2 Å². The van der Waals surface area contributed by atoms with Crippen molar-refractivity contribution in [2.75, 3.05) is 32.8 Å². The summed E-state index contributed by atoms with van der Waals surface area (Å²) in [6, 6.07) is 5.81. The van der Waals surface area contributed by atoms with Crippen LogP contribution in [-0.4, -0.2) is 66.0 Å². The number of carbonyl (C=O) groups excluding carboxylic acids is 2. The zero-order chi connectivity index (χ0) is 23.5. The number of piperidine rings is 1. The molecule has 0 bridgehead atoms. The van der Waals surface area contributed by atoms with E-state index < -0.39 is 5.54 Å². The van der Waals surface area contributed by atoms with Gasteiger partial charge in [-0.3, -0.25) is 14.5 Å². The number of unbranched alkanes of at least 4 members (excludes halogenated alkanes) is 1. The minimum Gasteiger partial charge on any atom is -0.486 e. The molecule has 1 unspecified atom stereocenters. The van der Waals surface area contributed by atoms with Gasteiger partial charge in [-0.1, -0.05) is 45.1 Å². The van der Waals surface area contributed by atoms with E-state index in [1.54, 1.807) is 0 Å². The van der Waals surface area contributed by atoms with E-state index in [0.717, 1.165) is 50.4 Å². The zero-order valence-electron chi connectivity index (χ0n) is 20.9. The van der Waals surface area contributed by atoms with Crippen molar-refractivity contribution >= 4 is 24.2 Å². The monoisotopic (exact) mass is 505 g/mol. The summed E-state index contributed by atoms with van der Waals surface area (Å²) in [7, 11) is 0. The topological polar surface area (TPSA) is 71.1 Å². The first kappa shape index (κ1) is 26.1. The highest BCUT2D eigenvalue weighted by atomic mass is 35.5. The lowest BCUT2D eigenvalue weighted by Gasteiger charge is -2.52. The fourth-order valence-corrected chi connectivity index (χ4v) is 6.28. The summed E-state index contributed by atoms with van der Waals surface area (Å²) in [5.41, 5.74) is 0.491. The summed E-state index contributed by atoms with van der Waals surface area (Å²) in [6.07, 6.45) is 9.03. The van der Waals surface area contributed by atoms with Gasteiger partial charge >= 0.3 is 0 Å². The standard InChI is InChI=1S/C27H39N3O4.ClH/c1-2-3-12-30-25(31)22(17-20-6-4-5-7-20)28-26(32)27(30)10-13-29(14-11-27)19-21-8-9-23-24(18-21)34-16-15-33-23;/h8-9,18,20,22H,2-7,10-17,19H2,1H3,(H,28,32);1H. The molecular weight excluding hydrogens is 466 g/mol. The Kier molecular flexibility index (Phi) is 8.48. The summed E-state index contributed by atoms with van der Waals surface area (Å²) < 4.78 is 11.4. The molecule has 1 N–H and O–H groups in total. The molecule has 3 fully saturated rings. The molecule has 8 heteroatoms. The largest absolute Gasteiger partial charge is 0.486 e. The van der Waals surface area contributed by atoms with E-state index in [1.807, 2.05) is 11.0 Å². The number of nitrogens with zero attached hydrogens (tertiary/aromatic N) is 2. The van der Waals surface area contributed by atoms with Crippen LogP contribution in [0, 0.1) is 5.92 Å². The molecule has 7 nitrogen and oxygen atoms in total. The van der Waals surface area contributed by atoms with Crippen LogP contribution in [0.4, 0.5) is 0 Å². The molecule has 3 heterocycles. The smallest absolute Gasteiger partial charge is 0.246 e. The van der Waals surface area contributed by atoms with Crippen LogP contribution in [0.25, 0.3) is 0 Å². The number of ether oxygens (including phenoxy) is 2. The van der Waals surface area contributed by atoms with Gasteiger partial charge < -0.3 is 19.7 Å². The maximum absolute atomic E-state index is 13.6. The fraction of sp³-hybridized carbons (Fsp3) is 0.704. The van der Waals surface area contributed by atoms with Crippen LogP contribution >= 0.6 is 12.4 Å². The minimum atomic E-state index is -0.693.